The Morgan fingerprint density at radius 2 is 1.32 bits per heavy atom. The van der Waals surface area contributed by atoms with Crippen molar-refractivity contribution in [3.63, 3.8) is 0 Å². The molecule has 0 aromatic heterocycles. The predicted octanol–water partition coefficient (Wildman–Crippen LogP) is 6.58. The molecule has 0 fully saturated rings. The number of rotatable bonds is 8. The Balaban J connectivity index is 1.50. The fraction of sp³-hybridized carbons (Fsp3) is 0.0741. The van der Waals surface area contributed by atoms with Gasteiger partial charge in [-0.2, -0.15) is 0 Å². The smallest absolute Gasteiger partial charge is 0.345 e. The fourth-order valence-electron chi connectivity index (χ4n) is 3.29. The second-order valence-electron chi connectivity index (χ2n) is 7.06. The second-order valence-corrected chi connectivity index (χ2v) is 8.18. The molecule has 0 heterocycles. The molecule has 0 spiro atoms. The molecule has 4 aromatic carbocycles. The minimum atomic E-state index is -0.980. The van der Waals surface area contributed by atoms with Crippen LogP contribution >= 0.6 is 11.8 Å². The van der Waals surface area contributed by atoms with Gasteiger partial charge in [0.25, 0.3) is 0 Å². The van der Waals surface area contributed by atoms with Gasteiger partial charge in [0.05, 0.1) is 0 Å². The van der Waals surface area contributed by atoms with Crippen LogP contribution < -0.4 is 4.74 Å². The maximum absolute atomic E-state index is 11.9. The van der Waals surface area contributed by atoms with E-state index in [1.165, 1.54) is 0 Å². The van der Waals surface area contributed by atoms with Crippen LogP contribution in [0, 0.1) is 0 Å². The lowest BCUT2D eigenvalue weighted by atomic mass is 10.1. The van der Waals surface area contributed by atoms with Gasteiger partial charge in [-0.1, -0.05) is 90.6 Å². The molecule has 0 bridgehead atoms. The van der Waals surface area contributed by atoms with Crippen molar-refractivity contribution in [2.45, 2.75) is 22.3 Å². The summed E-state index contributed by atoms with van der Waals surface area (Å²) in [4.78, 5) is 14.1. The molecule has 0 amide bonds. The van der Waals surface area contributed by atoms with Crippen molar-refractivity contribution >= 4 is 17.7 Å². The number of ether oxygens (including phenoxy) is 1. The Bertz CT molecular complexity index is 1130. The molecule has 0 aliphatic heterocycles. The summed E-state index contributed by atoms with van der Waals surface area (Å²) < 4.78 is 5.87. The van der Waals surface area contributed by atoms with Crippen molar-refractivity contribution in [1.29, 1.82) is 0 Å². The quantitative estimate of drug-likeness (QED) is 0.346. The van der Waals surface area contributed by atoms with Crippen LogP contribution in [0.15, 0.2) is 119 Å². The average Bonchev–Trinajstić information content (AvgIpc) is 2.81. The number of hydrogen-bond acceptors (Lipinski definition) is 3. The summed E-state index contributed by atoms with van der Waals surface area (Å²) in [5, 5.41) is 9.78. The van der Waals surface area contributed by atoms with E-state index in [1.54, 1.807) is 11.8 Å². The van der Waals surface area contributed by atoms with Gasteiger partial charge in [-0.25, -0.2) is 4.79 Å². The number of hydrogen-bond donors (Lipinski definition) is 1. The average molecular weight is 427 g/mol. The molecule has 154 valence electrons. The fourth-order valence-corrected chi connectivity index (χ4v) is 4.26. The van der Waals surface area contributed by atoms with Crippen molar-refractivity contribution in [3.05, 3.63) is 115 Å². The summed E-state index contributed by atoms with van der Waals surface area (Å²) in [6, 6.07) is 35.5. The topological polar surface area (TPSA) is 46.5 Å². The van der Waals surface area contributed by atoms with Gasteiger partial charge in [0, 0.05) is 16.2 Å². The number of aliphatic carboxylic acids is 1. The first-order valence-corrected chi connectivity index (χ1v) is 10.9. The van der Waals surface area contributed by atoms with Crippen LogP contribution in [-0.4, -0.2) is 17.2 Å². The molecule has 3 nitrogen and oxygen atoms in total. The SMILES string of the molecule is O=C(O)C(Cc1ccccc1Sc1ccccc1)Oc1ccc(-c2ccccc2)cc1. The lowest BCUT2D eigenvalue weighted by Gasteiger charge is -2.17. The van der Waals surface area contributed by atoms with E-state index in [-0.39, 0.29) is 6.42 Å². The molecule has 4 aromatic rings. The van der Waals surface area contributed by atoms with Crippen LogP contribution in [0.5, 0.6) is 5.75 Å². The maximum Gasteiger partial charge on any atom is 0.345 e. The zero-order chi connectivity index (χ0) is 21.5. The van der Waals surface area contributed by atoms with Gasteiger partial charge in [-0.3, -0.25) is 0 Å². The Labute approximate surface area is 186 Å². The molecule has 0 aliphatic carbocycles. The summed E-state index contributed by atoms with van der Waals surface area (Å²) in [5.74, 6) is -0.438. The molecular weight excluding hydrogens is 404 g/mol. The summed E-state index contributed by atoms with van der Waals surface area (Å²) in [6.45, 7) is 0. The second kappa shape index (κ2) is 10.0. The molecular formula is C27H22O3S. The van der Waals surface area contributed by atoms with Gasteiger partial charge >= 0.3 is 5.97 Å². The van der Waals surface area contributed by atoms with Gasteiger partial charge in [-0.05, 0) is 47.0 Å². The van der Waals surface area contributed by atoms with Gasteiger partial charge in [0.15, 0.2) is 6.10 Å². The van der Waals surface area contributed by atoms with Crippen molar-refractivity contribution in [1.82, 2.24) is 0 Å². The van der Waals surface area contributed by atoms with Gasteiger partial charge in [-0.15, -0.1) is 0 Å². The molecule has 4 rings (SSSR count). The van der Waals surface area contributed by atoms with E-state index in [4.69, 9.17) is 4.74 Å². The lowest BCUT2D eigenvalue weighted by Crippen LogP contribution is -2.29. The van der Waals surface area contributed by atoms with Crippen molar-refractivity contribution in [2.24, 2.45) is 0 Å². The van der Waals surface area contributed by atoms with Crippen LogP contribution in [0.25, 0.3) is 11.1 Å². The lowest BCUT2D eigenvalue weighted by molar-refractivity contribution is -0.145. The molecule has 1 unspecified atom stereocenters. The highest BCUT2D eigenvalue weighted by molar-refractivity contribution is 7.99. The molecule has 0 radical (unpaired) electrons. The summed E-state index contributed by atoms with van der Waals surface area (Å²) >= 11 is 1.63. The Hall–Kier alpha value is -3.50. The highest BCUT2D eigenvalue weighted by Gasteiger charge is 2.22. The largest absolute Gasteiger partial charge is 0.478 e. The van der Waals surface area contributed by atoms with Gasteiger partial charge in [0.1, 0.15) is 5.75 Å². The zero-order valence-electron chi connectivity index (χ0n) is 16.8. The number of carboxylic acids is 1. The minimum Gasteiger partial charge on any atom is -0.478 e. The molecule has 4 heteroatoms. The van der Waals surface area contributed by atoms with Gasteiger partial charge < -0.3 is 9.84 Å². The van der Waals surface area contributed by atoms with E-state index in [1.807, 2.05) is 109 Å². The van der Waals surface area contributed by atoms with E-state index < -0.39 is 12.1 Å². The molecule has 0 aliphatic rings. The highest BCUT2D eigenvalue weighted by Crippen LogP contribution is 2.31. The van der Waals surface area contributed by atoms with Crippen molar-refractivity contribution in [3.8, 4) is 16.9 Å². The normalized spacial score (nSPS) is 11.6. The Kier molecular flexibility index (Phi) is 6.70. The molecule has 31 heavy (non-hydrogen) atoms. The molecule has 0 saturated carbocycles. The van der Waals surface area contributed by atoms with E-state index in [9.17, 15) is 9.90 Å². The Morgan fingerprint density at radius 3 is 2.00 bits per heavy atom. The molecule has 0 saturated heterocycles. The number of carbonyl (C=O) groups is 1. The highest BCUT2D eigenvalue weighted by atomic mass is 32.2. The third-order valence-corrected chi connectivity index (χ3v) is 5.99. The van der Waals surface area contributed by atoms with E-state index >= 15 is 0 Å². The van der Waals surface area contributed by atoms with Crippen LogP contribution in [0.2, 0.25) is 0 Å². The first kappa shape index (κ1) is 20.8. The first-order valence-electron chi connectivity index (χ1n) is 10.0. The molecule has 1 N–H and O–H groups in total. The predicted molar refractivity (Wildman–Crippen MR) is 125 cm³/mol. The summed E-state index contributed by atoms with van der Waals surface area (Å²) in [6.07, 6.45) is -0.689. The van der Waals surface area contributed by atoms with Crippen LogP contribution in [0.4, 0.5) is 0 Å². The number of carboxylic acid groups (broad SMARTS) is 1. The van der Waals surface area contributed by atoms with E-state index in [2.05, 4.69) is 0 Å². The van der Waals surface area contributed by atoms with Crippen LogP contribution in [-0.2, 0) is 11.2 Å². The Morgan fingerprint density at radius 1 is 0.742 bits per heavy atom. The maximum atomic E-state index is 11.9. The minimum absolute atomic E-state index is 0.284. The number of benzene rings is 4. The third-order valence-electron chi connectivity index (χ3n) is 4.86. The first-order chi connectivity index (χ1) is 15.2. The van der Waals surface area contributed by atoms with Crippen LogP contribution in [0.3, 0.4) is 0 Å². The summed E-state index contributed by atoms with van der Waals surface area (Å²) in [7, 11) is 0. The van der Waals surface area contributed by atoms with Gasteiger partial charge in [0.2, 0.25) is 0 Å². The monoisotopic (exact) mass is 426 g/mol. The van der Waals surface area contributed by atoms with Crippen LogP contribution in [0.1, 0.15) is 5.56 Å². The van der Waals surface area contributed by atoms with Crippen molar-refractivity contribution in [2.75, 3.05) is 0 Å². The van der Waals surface area contributed by atoms with E-state index in [0.29, 0.717) is 5.75 Å². The standard InChI is InChI=1S/C27H22O3S/c28-27(29)25(30-23-17-15-21(16-18-23)20-9-3-1-4-10-20)19-22-11-7-8-14-26(22)31-24-12-5-2-6-13-24/h1-18,25H,19H2,(H,28,29). The third kappa shape index (κ3) is 5.56. The molecule has 1 atom stereocenters. The zero-order valence-corrected chi connectivity index (χ0v) is 17.7. The van der Waals surface area contributed by atoms with E-state index in [0.717, 1.165) is 26.5 Å². The summed E-state index contributed by atoms with van der Waals surface area (Å²) in [5.41, 5.74) is 3.12. The van der Waals surface area contributed by atoms with Crippen molar-refractivity contribution < 1.29 is 14.6 Å².